The van der Waals surface area contributed by atoms with Crippen LogP contribution in [-0.2, 0) is 9.53 Å². The smallest absolute Gasteiger partial charge is 0.382 e. The van der Waals surface area contributed by atoms with E-state index >= 15 is 0 Å². The first-order chi connectivity index (χ1) is 11.2. The van der Waals surface area contributed by atoms with Crippen molar-refractivity contribution in [3.05, 3.63) is 63.2 Å². The van der Waals surface area contributed by atoms with Crippen molar-refractivity contribution in [2.24, 2.45) is 0 Å². The van der Waals surface area contributed by atoms with Gasteiger partial charge in [-0.15, -0.1) is 0 Å². The number of aromatic hydroxyl groups is 1. The molecule has 0 aliphatic heterocycles. The molecule has 0 saturated carbocycles. The first-order valence-electron chi connectivity index (χ1n) is 6.59. The third-order valence-corrected chi connectivity index (χ3v) is 3.79. The Hall–Kier alpha value is -2.23. The molecular weight excluding hydrogens is 437 g/mol. The summed E-state index contributed by atoms with van der Waals surface area (Å²) in [5.41, 5.74) is -0.507. The monoisotopic (exact) mass is 448 g/mol. The molecule has 2 aromatic rings. The van der Waals surface area contributed by atoms with Gasteiger partial charge < -0.3 is 14.9 Å². The Kier molecular flexibility index (Phi) is 5.37. The molecule has 0 heterocycles. The van der Waals surface area contributed by atoms with Crippen LogP contribution in [0.4, 0.5) is 8.78 Å². The quantitative estimate of drug-likeness (QED) is 0.540. The molecule has 2 aromatic carbocycles. The van der Waals surface area contributed by atoms with E-state index in [1.54, 1.807) is 6.07 Å². The van der Waals surface area contributed by atoms with Crippen molar-refractivity contribution < 1.29 is 33.3 Å². The van der Waals surface area contributed by atoms with Gasteiger partial charge in [0.15, 0.2) is 0 Å². The molecule has 5 nitrogen and oxygen atoms in total. The number of alkyl halides is 2. The molecule has 0 amide bonds. The van der Waals surface area contributed by atoms with Crippen LogP contribution in [0.25, 0.3) is 0 Å². The highest BCUT2D eigenvalue weighted by Gasteiger charge is 2.51. The Morgan fingerprint density at radius 1 is 1.12 bits per heavy atom. The van der Waals surface area contributed by atoms with E-state index < -0.39 is 29.7 Å². The molecule has 8 heteroatoms. The lowest BCUT2D eigenvalue weighted by Gasteiger charge is -2.24. The van der Waals surface area contributed by atoms with Crippen LogP contribution in [0.3, 0.4) is 0 Å². The molecule has 0 aliphatic carbocycles. The van der Waals surface area contributed by atoms with Crippen molar-refractivity contribution in [1.82, 2.24) is 0 Å². The van der Waals surface area contributed by atoms with Crippen LogP contribution in [-0.4, -0.2) is 28.1 Å². The lowest BCUT2D eigenvalue weighted by Crippen LogP contribution is -2.38. The van der Waals surface area contributed by atoms with Crippen LogP contribution in [0.15, 0.2) is 48.5 Å². The molecule has 0 fully saturated rings. The molecular formula is C16H11F2IO5. The topological polar surface area (TPSA) is 83.8 Å². The van der Waals surface area contributed by atoms with E-state index in [4.69, 9.17) is 9.84 Å². The van der Waals surface area contributed by atoms with Gasteiger partial charge in [-0.1, -0.05) is 30.3 Å². The second-order valence-corrected chi connectivity index (χ2v) is 6.03. The minimum atomic E-state index is -4.34. The van der Waals surface area contributed by atoms with Gasteiger partial charge in [0.2, 0.25) is 6.10 Å². The van der Waals surface area contributed by atoms with Crippen molar-refractivity contribution in [2.75, 3.05) is 0 Å². The maximum absolute atomic E-state index is 14.0. The average molecular weight is 448 g/mol. The number of halogens is 3. The molecule has 2 N–H and O–H groups in total. The van der Waals surface area contributed by atoms with Gasteiger partial charge in [0.05, 0.1) is 0 Å². The van der Waals surface area contributed by atoms with Crippen LogP contribution in [0.1, 0.15) is 22.0 Å². The van der Waals surface area contributed by atoms with E-state index in [1.165, 1.54) is 42.5 Å². The Morgan fingerprint density at radius 2 is 1.75 bits per heavy atom. The van der Waals surface area contributed by atoms with E-state index in [1.807, 2.05) is 22.6 Å². The number of benzene rings is 2. The number of esters is 1. The van der Waals surface area contributed by atoms with Crippen molar-refractivity contribution in [2.45, 2.75) is 12.0 Å². The van der Waals surface area contributed by atoms with E-state index in [-0.39, 0.29) is 11.1 Å². The van der Waals surface area contributed by atoms with Gasteiger partial charge in [0.1, 0.15) is 11.3 Å². The number of carboxylic acids is 1. The van der Waals surface area contributed by atoms with Crippen molar-refractivity contribution >= 4 is 34.5 Å². The van der Waals surface area contributed by atoms with E-state index in [9.17, 15) is 23.5 Å². The number of aliphatic carboxylic acids is 1. The van der Waals surface area contributed by atoms with Crippen LogP contribution < -0.4 is 0 Å². The fourth-order valence-electron chi connectivity index (χ4n) is 1.93. The molecule has 0 aromatic heterocycles. The SMILES string of the molecule is O=C(OC(c1ccccc1)C(F)(F)C(=O)O)c1cc(I)ccc1O. The second kappa shape index (κ2) is 7.12. The molecule has 24 heavy (non-hydrogen) atoms. The molecule has 126 valence electrons. The fourth-order valence-corrected chi connectivity index (χ4v) is 2.42. The summed E-state index contributed by atoms with van der Waals surface area (Å²) in [7, 11) is 0. The van der Waals surface area contributed by atoms with Crippen molar-refractivity contribution in [3.8, 4) is 5.75 Å². The summed E-state index contributed by atoms with van der Waals surface area (Å²) in [5.74, 6) is -8.46. The summed E-state index contributed by atoms with van der Waals surface area (Å²) in [6, 6.07) is 10.8. The Bertz CT molecular complexity index is 764. The maximum atomic E-state index is 14.0. The van der Waals surface area contributed by atoms with Gasteiger partial charge in [-0.25, -0.2) is 9.59 Å². The van der Waals surface area contributed by atoms with Gasteiger partial charge in [-0.3, -0.25) is 0 Å². The number of ether oxygens (including phenoxy) is 1. The third kappa shape index (κ3) is 3.81. The summed E-state index contributed by atoms with van der Waals surface area (Å²) in [6.45, 7) is 0. The molecule has 0 aliphatic rings. The second-order valence-electron chi connectivity index (χ2n) is 4.79. The van der Waals surface area contributed by atoms with Crippen LogP contribution in [0, 0.1) is 3.57 Å². The van der Waals surface area contributed by atoms with Gasteiger partial charge >= 0.3 is 17.9 Å². The number of carbonyl (C=O) groups excluding carboxylic acids is 1. The minimum Gasteiger partial charge on any atom is -0.507 e. The summed E-state index contributed by atoms with van der Waals surface area (Å²) in [6.07, 6.45) is -2.33. The third-order valence-electron chi connectivity index (χ3n) is 3.12. The van der Waals surface area contributed by atoms with Crippen molar-refractivity contribution in [3.63, 3.8) is 0 Å². The van der Waals surface area contributed by atoms with Crippen LogP contribution in [0.2, 0.25) is 0 Å². The highest BCUT2D eigenvalue weighted by Crippen LogP contribution is 2.36. The van der Waals surface area contributed by atoms with E-state index in [0.717, 1.165) is 0 Å². The normalized spacial score (nSPS) is 12.5. The molecule has 1 unspecified atom stereocenters. The first-order valence-corrected chi connectivity index (χ1v) is 7.67. The summed E-state index contributed by atoms with van der Waals surface area (Å²) < 4.78 is 33.3. The van der Waals surface area contributed by atoms with Gasteiger partial charge in [-0.2, -0.15) is 8.78 Å². The Balaban J connectivity index is 2.41. The summed E-state index contributed by atoms with van der Waals surface area (Å²) >= 11 is 1.87. The summed E-state index contributed by atoms with van der Waals surface area (Å²) in [4.78, 5) is 23.0. The van der Waals surface area contributed by atoms with E-state index in [2.05, 4.69) is 0 Å². The highest BCUT2D eigenvalue weighted by atomic mass is 127. The molecule has 0 saturated heterocycles. The molecule has 2 rings (SSSR count). The molecule has 0 radical (unpaired) electrons. The number of phenols is 1. The standard InChI is InChI=1S/C16H11F2IO5/c17-16(18,15(22)23)13(9-4-2-1-3-5-9)24-14(21)11-8-10(19)6-7-12(11)20/h1-8,13,20H,(H,22,23). The zero-order valence-corrected chi connectivity index (χ0v) is 14.1. The zero-order valence-electron chi connectivity index (χ0n) is 11.9. The molecule has 0 bridgehead atoms. The molecule has 1 atom stereocenters. The summed E-state index contributed by atoms with van der Waals surface area (Å²) in [5, 5.41) is 18.5. The lowest BCUT2D eigenvalue weighted by molar-refractivity contribution is -0.183. The van der Waals surface area contributed by atoms with Gasteiger partial charge in [-0.05, 0) is 46.4 Å². The number of hydrogen-bond donors (Lipinski definition) is 2. The molecule has 0 spiro atoms. The number of carboxylic acid groups (broad SMARTS) is 1. The number of rotatable bonds is 5. The average Bonchev–Trinajstić information content (AvgIpc) is 2.55. The predicted molar refractivity (Wildman–Crippen MR) is 88.0 cm³/mol. The van der Waals surface area contributed by atoms with Crippen LogP contribution in [0.5, 0.6) is 5.75 Å². The fraction of sp³-hybridized carbons (Fsp3) is 0.125. The number of phenolic OH excluding ortho intramolecular Hbond substituents is 1. The zero-order chi connectivity index (χ0) is 17.9. The van der Waals surface area contributed by atoms with Crippen LogP contribution >= 0.6 is 22.6 Å². The largest absolute Gasteiger partial charge is 0.507 e. The minimum absolute atomic E-state index is 0.177. The van der Waals surface area contributed by atoms with Gasteiger partial charge in [0.25, 0.3) is 0 Å². The van der Waals surface area contributed by atoms with Crippen molar-refractivity contribution in [1.29, 1.82) is 0 Å². The predicted octanol–water partition coefficient (Wildman–Crippen LogP) is 3.61. The highest BCUT2D eigenvalue weighted by molar-refractivity contribution is 14.1. The van der Waals surface area contributed by atoms with Gasteiger partial charge in [0, 0.05) is 3.57 Å². The first kappa shape index (κ1) is 18.1. The Morgan fingerprint density at radius 3 is 2.33 bits per heavy atom. The number of carbonyl (C=O) groups is 2. The van der Waals surface area contributed by atoms with E-state index in [0.29, 0.717) is 3.57 Å². The lowest BCUT2D eigenvalue weighted by atomic mass is 10.0. The maximum Gasteiger partial charge on any atom is 0.382 e. The number of hydrogen-bond acceptors (Lipinski definition) is 4. The Labute approximate surface area is 149 Å².